The van der Waals surface area contributed by atoms with Crippen molar-refractivity contribution in [3.63, 3.8) is 0 Å². The number of benzene rings is 2. The van der Waals surface area contributed by atoms with Gasteiger partial charge in [0.15, 0.2) is 5.78 Å². The molecule has 1 N–H and O–H groups in total. The Morgan fingerprint density at radius 2 is 1.31 bits per heavy atom. The summed E-state index contributed by atoms with van der Waals surface area (Å²) >= 11 is 0. The van der Waals surface area contributed by atoms with Crippen molar-refractivity contribution in [2.24, 2.45) is 0 Å². The molecule has 0 spiro atoms. The van der Waals surface area contributed by atoms with Gasteiger partial charge in [-0.25, -0.2) is 4.79 Å². The number of carbonyl (C=O) groups is 4. The lowest BCUT2D eigenvalue weighted by Crippen LogP contribution is -2.45. The number of hydrogen-bond donors (Lipinski definition) is 1. The van der Waals surface area contributed by atoms with Crippen molar-refractivity contribution < 1.29 is 24.3 Å². The number of amides is 2. The predicted octanol–water partition coefficient (Wildman–Crippen LogP) is 3.01. The summed E-state index contributed by atoms with van der Waals surface area (Å²) < 4.78 is 0. The van der Waals surface area contributed by atoms with Gasteiger partial charge in [-0.2, -0.15) is 0 Å². The fourth-order valence-corrected chi connectivity index (χ4v) is 2.92. The smallest absolute Gasteiger partial charge is 0.335 e. The van der Waals surface area contributed by atoms with Gasteiger partial charge in [0.2, 0.25) is 0 Å². The van der Waals surface area contributed by atoms with Crippen molar-refractivity contribution in [2.75, 3.05) is 0 Å². The molecule has 2 aromatic rings. The molecule has 2 aromatic carbocycles. The van der Waals surface area contributed by atoms with E-state index in [1.807, 2.05) is 0 Å². The van der Waals surface area contributed by atoms with Gasteiger partial charge >= 0.3 is 5.97 Å². The Balaban J connectivity index is 1.97. The molecule has 3 rings (SSSR count). The summed E-state index contributed by atoms with van der Waals surface area (Å²) in [5, 5.41) is 8.92. The topological polar surface area (TPSA) is 91.8 Å². The molecule has 2 amide bonds. The molecule has 6 heteroatoms. The van der Waals surface area contributed by atoms with Gasteiger partial charge in [0.05, 0.1) is 16.7 Å². The number of nitrogens with zero attached hydrogens (tertiary/aromatic N) is 1. The average molecular weight is 351 g/mol. The van der Waals surface area contributed by atoms with Gasteiger partial charge in [-0.15, -0.1) is 0 Å². The number of fused-ring (bicyclic) bond motifs is 1. The van der Waals surface area contributed by atoms with Crippen molar-refractivity contribution in [2.45, 2.75) is 26.3 Å². The van der Waals surface area contributed by atoms with Gasteiger partial charge in [-0.3, -0.25) is 19.3 Å². The lowest BCUT2D eigenvalue weighted by molar-refractivity contribution is 0.0506. The van der Waals surface area contributed by atoms with Crippen molar-refractivity contribution >= 4 is 23.6 Å². The zero-order valence-corrected chi connectivity index (χ0v) is 14.6. The summed E-state index contributed by atoms with van der Waals surface area (Å²) in [7, 11) is 0. The van der Waals surface area contributed by atoms with E-state index in [0.29, 0.717) is 5.56 Å². The van der Waals surface area contributed by atoms with Gasteiger partial charge in [0.25, 0.3) is 11.8 Å². The maximum Gasteiger partial charge on any atom is 0.335 e. The summed E-state index contributed by atoms with van der Waals surface area (Å²) in [5.41, 5.74) is 0.477. The highest BCUT2D eigenvalue weighted by molar-refractivity contribution is 6.23. The minimum Gasteiger partial charge on any atom is -0.478 e. The third-order valence-electron chi connectivity index (χ3n) is 4.21. The first-order valence-electron chi connectivity index (χ1n) is 8.02. The molecule has 0 aromatic heterocycles. The van der Waals surface area contributed by atoms with Crippen LogP contribution in [0.4, 0.5) is 0 Å². The minimum absolute atomic E-state index is 0.0806. The van der Waals surface area contributed by atoms with E-state index in [4.69, 9.17) is 5.11 Å². The number of carboxylic acid groups (broad SMARTS) is 1. The Morgan fingerprint density at radius 1 is 0.808 bits per heavy atom. The standard InChI is InChI=1S/C20H17NO5/c1-20(2,3)21-17(23)14-9-8-13(10-15(14)18(21)24)16(22)11-4-6-12(7-5-11)19(25)26/h4-10H,1-3H3,(H,25,26). The summed E-state index contributed by atoms with van der Waals surface area (Å²) in [6.45, 7) is 5.31. The number of hydrogen-bond acceptors (Lipinski definition) is 4. The first-order valence-corrected chi connectivity index (χ1v) is 8.02. The van der Waals surface area contributed by atoms with Crippen LogP contribution in [-0.4, -0.2) is 39.1 Å². The van der Waals surface area contributed by atoms with Crippen LogP contribution < -0.4 is 0 Å². The van der Waals surface area contributed by atoms with E-state index in [1.165, 1.54) is 47.4 Å². The number of carbonyl (C=O) groups excluding carboxylic acids is 3. The van der Waals surface area contributed by atoms with Gasteiger partial charge in [0, 0.05) is 16.7 Å². The molecule has 0 bridgehead atoms. The van der Waals surface area contributed by atoms with Crippen LogP contribution in [0.1, 0.15) is 67.8 Å². The molecule has 0 saturated heterocycles. The van der Waals surface area contributed by atoms with Crippen molar-refractivity contribution in [3.05, 3.63) is 70.3 Å². The predicted molar refractivity (Wildman–Crippen MR) is 93.5 cm³/mol. The van der Waals surface area contributed by atoms with E-state index in [2.05, 4.69) is 0 Å². The van der Waals surface area contributed by atoms with E-state index in [0.717, 1.165) is 0 Å². The molecule has 1 aliphatic heterocycles. The molecule has 132 valence electrons. The second kappa shape index (κ2) is 5.91. The van der Waals surface area contributed by atoms with Crippen LogP contribution in [0.2, 0.25) is 0 Å². The monoisotopic (exact) mass is 351 g/mol. The maximum absolute atomic E-state index is 12.6. The van der Waals surface area contributed by atoms with E-state index >= 15 is 0 Å². The fourth-order valence-electron chi connectivity index (χ4n) is 2.92. The second-order valence-electron chi connectivity index (χ2n) is 7.09. The first kappa shape index (κ1) is 17.5. The third kappa shape index (κ3) is 2.79. The second-order valence-corrected chi connectivity index (χ2v) is 7.09. The lowest BCUT2D eigenvalue weighted by atomic mass is 9.98. The van der Waals surface area contributed by atoms with Crippen LogP contribution >= 0.6 is 0 Å². The van der Waals surface area contributed by atoms with E-state index < -0.39 is 17.4 Å². The molecule has 0 aliphatic carbocycles. The van der Waals surface area contributed by atoms with E-state index in [9.17, 15) is 19.2 Å². The number of ketones is 1. The summed E-state index contributed by atoms with van der Waals surface area (Å²) in [4.78, 5) is 49.8. The van der Waals surface area contributed by atoms with E-state index in [1.54, 1.807) is 20.8 Å². The molecular weight excluding hydrogens is 334 g/mol. The van der Waals surface area contributed by atoms with Gasteiger partial charge in [-0.1, -0.05) is 18.2 Å². The SMILES string of the molecule is CC(C)(C)N1C(=O)c2ccc(C(=O)c3ccc(C(=O)O)cc3)cc2C1=O. The fraction of sp³-hybridized carbons (Fsp3) is 0.200. The molecule has 6 nitrogen and oxygen atoms in total. The third-order valence-corrected chi connectivity index (χ3v) is 4.21. The van der Waals surface area contributed by atoms with Crippen LogP contribution in [0.3, 0.4) is 0 Å². The molecular formula is C20H17NO5. The molecule has 0 saturated carbocycles. The summed E-state index contributed by atoms with van der Waals surface area (Å²) in [6, 6.07) is 9.96. The number of rotatable bonds is 3. The highest BCUT2D eigenvalue weighted by atomic mass is 16.4. The van der Waals surface area contributed by atoms with Crippen LogP contribution in [-0.2, 0) is 0 Å². The number of aromatic carboxylic acids is 1. The Bertz CT molecular complexity index is 951. The Hall–Kier alpha value is -3.28. The molecule has 26 heavy (non-hydrogen) atoms. The van der Waals surface area contributed by atoms with Gasteiger partial charge < -0.3 is 5.11 Å². The minimum atomic E-state index is -1.08. The van der Waals surface area contributed by atoms with Gasteiger partial charge in [0.1, 0.15) is 0 Å². The molecule has 1 aliphatic rings. The Morgan fingerprint density at radius 3 is 1.85 bits per heavy atom. The number of carboxylic acids is 1. The van der Waals surface area contributed by atoms with Crippen molar-refractivity contribution in [3.8, 4) is 0 Å². The van der Waals surface area contributed by atoms with Crippen LogP contribution in [0.15, 0.2) is 42.5 Å². The average Bonchev–Trinajstić information content (AvgIpc) is 2.84. The Labute approximate surface area is 150 Å². The molecule has 1 heterocycles. The maximum atomic E-state index is 12.6. The molecule has 0 radical (unpaired) electrons. The highest BCUT2D eigenvalue weighted by Gasteiger charge is 2.42. The Kier molecular flexibility index (Phi) is 3.99. The summed E-state index contributed by atoms with van der Waals surface area (Å²) in [6.07, 6.45) is 0. The zero-order chi connectivity index (χ0) is 19.2. The molecule has 0 unspecified atom stereocenters. The van der Waals surface area contributed by atoms with Crippen LogP contribution in [0.5, 0.6) is 0 Å². The zero-order valence-electron chi connectivity index (χ0n) is 14.6. The van der Waals surface area contributed by atoms with Crippen molar-refractivity contribution in [1.82, 2.24) is 4.90 Å². The highest BCUT2D eigenvalue weighted by Crippen LogP contribution is 2.30. The molecule has 0 atom stereocenters. The van der Waals surface area contributed by atoms with E-state index in [-0.39, 0.29) is 33.9 Å². The number of imide groups is 1. The quantitative estimate of drug-likeness (QED) is 0.678. The molecule has 0 fully saturated rings. The first-order chi connectivity index (χ1) is 12.1. The lowest BCUT2D eigenvalue weighted by Gasteiger charge is -2.29. The normalized spacial score (nSPS) is 13.7. The largest absolute Gasteiger partial charge is 0.478 e. The van der Waals surface area contributed by atoms with Crippen molar-refractivity contribution in [1.29, 1.82) is 0 Å². The van der Waals surface area contributed by atoms with Gasteiger partial charge in [-0.05, 0) is 45.0 Å². The van der Waals surface area contributed by atoms with Crippen LogP contribution in [0.25, 0.3) is 0 Å². The summed E-state index contributed by atoms with van der Waals surface area (Å²) in [5.74, 6) is -2.22. The van der Waals surface area contributed by atoms with Crippen LogP contribution in [0, 0.1) is 0 Å².